The molecule has 0 unspecified atom stereocenters. The van der Waals surface area contributed by atoms with E-state index in [0.29, 0.717) is 17.7 Å². The van der Waals surface area contributed by atoms with E-state index in [9.17, 15) is 41.4 Å². The van der Waals surface area contributed by atoms with Crippen LogP contribution in [0.4, 0.5) is 13.2 Å². The summed E-state index contributed by atoms with van der Waals surface area (Å²) in [5.41, 5.74) is 4.76. The molecule has 2 amide bonds. The van der Waals surface area contributed by atoms with Gasteiger partial charge in [0.1, 0.15) is 12.1 Å². The van der Waals surface area contributed by atoms with Crippen LogP contribution >= 0.6 is 0 Å². The van der Waals surface area contributed by atoms with E-state index in [-0.39, 0.29) is 18.4 Å². The molecule has 194 valence electrons. The van der Waals surface area contributed by atoms with E-state index in [4.69, 9.17) is 5.73 Å². The first-order valence-electron chi connectivity index (χ1n) is 10.7. The highest BCUT2D eigenvalue weighted by Crippen LogP contribution is 2.31. The van der Waals surface area contributed by atoms with Crippen molar-refractivity contribution in [2.75, 3.05) is 0 Å². The van der Waals surface area contributed by atoms with Gasteiger partial charge in [0.15, 0.2) is 0 Å². The summed E-state index contributed by atoms with van der Waals surface area (Å²) in [6.45, 7) is 0. The fourth-order valence-electron chi connectivity index (χ4n) is 3.65. The Morgan fingerprint density at radius 1 is 1.08 bits per heavy atom. The van der Waals surface area contributed by atoms with Crippen LogP contribution in [0.1, 0.15) is 17.5 Å². The number of carbonyl (C=O) groups is 2. The number of nitrogens with two attached hydrogens (primary N) is 1. The fourth-order valence-corrected chi connectivity index (χ4v) is 4.89. The Balaban J connectivity index is 1.81. The number of hydrogen-bond acceptors (Lipinski definition) is 6. The first-order valence-corrected chi connectivity index (χ1v) is 12.2. The molecule has 0 saturated heterocycles. The summed E-state index contributed by atoms with van der Waals surface area (Å²) in [5.74, 6) is -1.66. The molecule has 9 nitrogen and oxygen atoms in total. The molecule has 0 heterocycles. The number of hydrogen-bond donors (Lipinski definition) is 5. The predicted octanol–water partition coefficient (Wildman–Crippen LogP) is 0.617. The molecule has 0 aliphatic heterocycles. The lowest BCUT2D eigenvalue weighted by molar-refractivity contribution is -0.137. The second-order valence-electron chi connectivity index (χ2n) is 8.24. The third-order valence-electron chi connectivity index (χ3n) is 5.56. The van der Waals surface area contributed by atoms with Gasteiger partial charge in [0, 0.05) is 18.4 Å². The molecule has 2 aromatic carbocycles. The lowest BCUT2D eigenvalue weighted by Gasteiger charge is -2.31. The van der Waals surface area contributed by atoms with Crippen molar-refractivity contribution >= 4 is 21.8 Å². The minimum absolute atomic E-state index is 0.0754. The van der Waals surface area contributed by atoms with Crippen LogP contribution in [0.25, 0.3) is 0 Å². The van der Waals surface area contributed by atoms with Crippen molar-refractivity contribution in [3.63, 3.8) is 0 Å². The molecular weight excluding hydrogens is 503 g/mol. The normalized spacial score (nSPS) is 21.4. The van der Waals surface area contributed by atoms with Crippen LogP contribution in [0, 0.1) is 0 Å². The first kappa shape index (κ1) is 27.3. The number of aliphatic hydroxyl groups is 2. The Kier molecular flexibility index (Phi) is 8.19. The van der Waals surface area contributed by atoms with Crippen molar-refractivity contribution in [2.45, 2.75) is 48.2 Å². The Labute approximate surface area is 204 Å². The van der Waals surface area contributed by atoms with Crippen molar-refractivity contribution in [3.05, 3.63) is 77.4 Å². The number of carbonyl (C=O) groups excluding carboxylic acids is 2. The summed E-state index contributed by atoms with van der Waals surface area (Å²) in [7, 11) is -4.60. The van der Waals surface area contributed by atoms with E-state index in [1.165, 1.54) is 0 Å². The minimum atomic E-state index is -4.78. The lowest BCUT2D eigenvalue weighted by Crippen LogP contribution is -2.52. The van der Waals surface area contributed by atoms with Crippen LogP contribution in [0.3, 0.4) is 0 Å². The maximum Gasteiger partial charge on any atom is 0.416 e. The standard InChI is InChI=1S/C23H24F3N3O6S/c24-23(25,26)15-7-4-8-16(12-15)36(34,35)29-17-10-14(11-19(30)20(17)31)22(33)28-18(21(27)32)9-13-5-2-1-3-6-13/h1-8,10,12,17-20,29-31H,9,11H2,(H2,27,32)(H,28,33)/t17-,18-,19-,20-/m1/s1. The Bertz CT molecular complexity index is 1250. The highest BCUT2D eigenvalue weighted by Gasteiger charge is 2.37. The maximum absolute atomic E-state index is 13.0. The number of primary amides is 1. The summed E-state index contributed by atoms with van der Waals surface area (Å²) in [6.07, 6.45) is -7.31. The molecule has 0 radical (unpaired) electrons. The molecule has 0 bridgehead atoms. The number of alkyl halides is 3. The van der Waals surface area contributed by atoms with Crippen LogP contribution in [0.5, 0.6) is 0 Å². The summed E-state index contributed by atoms with van der Waals surface area (Å²) in [4.78, 5) is 24.0. The van der Waals surface area contributed by atoms with Gasteiger partial charge in [0.25, 0.3) is 0 Å². The molecule has 6 N–H and O–H groups in total. The lowest BCUT2D eigenvalue weighted by atomic mass is 9.90. The van der Waals surface area contributed by atoms with Crippen molar-refractivity contribution in [3.8, 4) is 0 Å². The van der Waals surface area contributed by atoms with Gasteiger partial charge in [-0.25, -0.2) is 13.1 Å². The Hall–Kier alpha value is -3.26. The van der Waals surface area contributed by atoms with Crippen molar-refractivity contribution < 1.29 is 41.4 Å². The predicted molar refractivity (Wildman–Crippen MR) is 122 cm³/mol. The molecule has 4 atom stereocenters. The fraction of sp³-hybridized carbons (Fsp3) is 0.304. The zero-order chi connectivity index (χ0) is 26.7. The number of benzene rings is 2. The van der Waals surface area contributed by atoms with Crippen molar-refractivity contribution in [2.24, 2.45) is 5.73 Å². The third-order valence-corrected chi connectivity index (χ3v) is 7.01. The van der Waals surface area contributed by atoms with E-state index in [2.05, 4.69) is 5.32 Å². The molecule has 13 heteroatoms. The highest BCUT2D eigenvalue weighted by molar-refractivity contribution is 7.89. The Morgan fingerprint density at radius 2 is 1.75 bits per heavy atom. The zero-order valence-electron chi connectivity index (χ0n) is 18.6. The number of amides is 2. The summed E-state index contributed by atoms with van der Waals surface area (Å²) < 4.78 is 66.4. The number of nitrogens with one attached hydrogen (secondary N) is 2. The summed E-state index contributed by atoms with van der Waals surface area (Å²) in [5, 5.41) is 22.9. The number of sulfonamides is 1. The van der Waals surface area contributed by atoms with Crippen LogP contribution in [0.2, 0.25) is 0 Å². The molecule has 0 aromatic heterocycles. The topological polar surface area (TPSA) is 159 Å². The molecule has 2 aromatic rings. The second kappa shape index (κ2) is 10.8. The molecular formula is C23H24F3N3O6S. The van der Waals surface area contributed by atoms with Gasteiger partial charge in [-0.15, -0.1) is 0 Å². The van der Waals surface area contributed by atoms with E-state index >= 15 is 0 Å². The van der Waals surface area contributed by atoms with Gasteiger partial charge < -0.3 is 21.3 Å². The molecule has 0 saturated carbocycles. The van der Waals surface area contributed by atoms with Crippen LogP contribution in [0.15, 0.2) is 71.1 Å². The van der Waals surface area contributed by atoms with Crippen molar-refractivity contribution in [1.82, 2.24) is 10.0 Å². The SMILES string of the molecule is NC(=O)[C@@H](Cc1ccccc1)NC(=O)C1=C[C@@H](NS(=O)(=O)c2cccc(C(F)(F)F)c2)[C@@H](O)[C@H](O)C1. The zero-order valence-corrected chi connectivity index (χ0v) is 19.5. The molecule has 1 aliphatic carbocycles. The van der Waals surface area contributed by atoms with Crippen molar-refractivity contribution in [1.29, 1.82) is 0 Å². The van der Waals surface area contributed by atoms with Gasteiger partial charge in [-0.05, 0) is 23.8 Å². The van der Waals surface area contributed by atoms with E-state index in [1.807, 2.05) is 4.72 Å². The van der Waals surface area contributed by atoms with Crippen LogP contribution in [-0.4, -0.2) is 54.7 Å². The van der Waals surface area contributed by atoms with E-state index in [1.54, 1.807) is 30.3 Å². The number of aliphatic hydroxyl groups excluding tert-OH is 2. The van der Waals surface area contributed by atoms with Gasteiger partial charge in [-0.3, -0.25) is 9.59 Å². The molecule has 36 heavy (non-hydrogen) atoms. The largest absolute Gasteiger partial charge is 0.416 e. The van der Waals surface area contributed by atoms with Gasteiger partial charge in [0.05, 0.1) is 22.6 Å². The number of rotatable bonds is 8. The smallest absolute Gasteiger partial charge is 0.390 e. The molecule has 3 rings (SSSR count). The monoisotopic (exact) mass is 527 g/mol. The molecule has 0 fully saturated rings. The average Bonchev–Trinajstić information content (AvgIpc) is 2.81. The van der Waals surface area contributed by atoms with E-state index < -0.39 is 62.8 Å². The first-order chi connectivity index (χ1) is 16.8. The number of halogens is 3. The summed E-state index contributed by atoms with van der Waals surface area (Å²) >= 11 is 0. The molecule has 1 aliphatic rings. The quantitative estimate of drug-likeness (QED) is 0.339. The van der Waals surface area contributed by atoms with Crippen LogP contribution in [-0.2, 0) is 32.2 Å². The Morgan fingerprint density at radius 3 is 2.36 bits per heavy atom. The maximum atomic E-state index is 13.0. The molecule has 0 spiro atoms. The summed E-state index contributed by atoms with van der Waals surface area (Å²) in [6, 6.07) is 8.98. The minimum Gasteiger partial charge on any atom is -0.390 e. The van der Waals surface area contributed by atoms with E-state index in [0.717, 1.165) is 18.2 Å². The van der Waals surface area contributed by atoms with Gasteiger partial charge in [-0.1, -0.05) is 42.5 Å². The highest BCUT2D eigenvalue weighted by atomic mass is 32.2. The van der Waals surface area contributed by atoms with Crippen LogP contribution < -0.4 is 15.8 Å². The average molecular weight is 528 g/mol. The van der Waals surface area contributed by atoms with Gasteiger partial charge in [0.2, 0.25) is 21.8 Å². The second-order valence-corrected chi connectivity index (χ2v) is 9.96. The third kappa shape index (κ3) is 6.69. The van der Waals surface area contributed by atoms with Gasteiger partial charge in [-0.2, -0.15) is 13.2 Å². The van der Waals surface area contributed by atoms with Gasteiger partial charge >= 0.3 is 6.18 Å².